The fraction of sp³-hybridized carbons (Fsp3) is 1.00. The third-order valence-electron chi connectivity index (χ3n) is 6.62. The monoisotopic (exact) mass is 268 g/mol. The Morgan fingerprint density at radius 3 is 2.42 bits per heavy atom. The summed E-state index contributed by atoms with van der Waals surface area (Å²) in [5, 5.41) is 21.5. The number of aliphatic hydroxyl groups excluding tert-OH is 2. The molecule has 0 spiro atoms. The zero-order valence-electron chi connectivity index (χ0n) is 12.6. The molecule has 3 nitrogen and oxygen atoms in total. The van der Waals surface area contributed by atoms with E-state index < -0.39 is 0 Å². The molecule has 0 amide bonds. The van der Waals surface area contributed by atoms with E-state index in [1.165, 1.54) is 0 Å². The summed E-state index contributed by atoms with van der Waals surface area (Å²) in [6.07, 6.45) is 2.90. The van der Waals surface area contributed by atoms with E-state index in [4.69, 9.17) is 4.74 Å². The van der Waals surface area contributed by atoms with Crippen LogP contribution in [-0.4, -0.2) is 34.6 Å². The quantitative estimate of drug-likeness (QED) is 0.709. The van der Waals surface area contributed by atoms with Gasteiger partial charge in [-0.3, -0.25) is 0 Å². The Labute approximate surface area is 116 Å². The summed E-state index contributed by atoms with van der Waals surface area (Å²) in [5.41, 5.74) is -0.374. The first-order valence-corrected chi connectivity index (χ1v) is 7.72. The molecule has 0 bridgehead atoms. The number of rotatable bonds is 0. The molecule has 0 unspecified atom stereocenters. The van der Waals surface area contributed by atoms with Gasteiger partial charge in [0.25, 0.3) is 0 Å². The molecular weight excluding hydrogens is 240 g/mol. The summed E-state index contributed by atoms with van der Waals surface area (Å²) in [7, 11) is 0. The zero-order chi connectivity index (χ0) is 14.1. The summed E-state index contributed by atoms with van der Waals surface area (Å²) < 4.78 is 5.97. The Bertz CT molecular complexity index is 380. The lowest BCUT2D eigenvalue weighted by Gasteiger charge is -2.63. The zero-order valence-corrected chi connectivity index (χ0v) is 12.6. The molecule has 3 fully saturated rings. The average molecular weight is 268 g/mol. The summed E-state index contributed by atoms with van der Waals surface area (Å²) in [6, 6.07) is 0. The molecule has 1 heterocycles. The van der Waals surface area contributed by atoms with Gasteiger partial charge in [0.1, 0.15) is 0 Å². The predicted molar refractivity (Wildman–Crippen MR) is 73.7 cm³/mol. The Hall–Kier alpha value is -0.120. The summed E-state index contributed by atoms with van der Waals surface area (Å²) in [6.45, 7) is 9.60. The minimum atomic E-state index is -0.366. The van der Waals surface area contributed by atoms with Gasteiger partial charge in [-0.15, -0.1) is 0 Å². The van der Waals surface area contributed by atoms with E-state index in [1.54, 1.807) is 0 Å². The molecule has 0 aromatic heterocycles. The molecule has 0 aromatic carbocycles. The van der Waals surface area contributed by atoms with Crippen molar-refractivity contribution in [3.63, 3.8) is 0 Å². The molecule has 2 N–H and O–H groups in total. The van der Waals surface area contributed by atoms with Crippen molar-refractivity contribution in [1.82, 2.24) is 0 Å². The van der Waals surface area contributed by atoms with Gasteiger partial charge < -0.3 is 14.9 Å². The number of hydrogen-bond donors (Lipinski definition) is 2. The Morgan fingerprint density at radius 2 is 1.74 bits per heavy atom. The number of ether oxygens (including phenoxy) is 1. The van der Waals surface area contributed by atoms with Crippen LogP contribution in [0.5, 0.6) is 0 Å². The fourth-order valence-corrected chi connectivity index (χ4v) is 5.93. The van der Waals surface area contributed by atoms with Gasteiger partial charge in [0.2, 0.25) is 0 Å². The molecule has 3 aliphatic rings. The van der Waals surface area contributed by atoms with Crippen LogP contribution in [0.2, 0.25) is 0 Å². The Kier molecular flexibility index (Phi) is 2.88. The van der Waals surface area contributed by atoms with Crippen LogP contribution in [0.25, 0.3) is 0 Å². The van der Waals surface area contributed by atoms with E-state index in [1.807, 2.05) is 0 Å². The minimum absolute atomic E-state index is 0.0946. The number of fused-ring (bicyclic) bond motifs is 3. The van der Waals surface area contributed by atoms with Crippen molar-refractivity contribution in [2.45, 2.75) is 71.2 Å². The normalized spacial score (nSPS) is 56.5. The van der Waals surface area contributed by atoms with Crippen LogP contribution in [0.3, 0.4) is 0 Å². The number of hydrogen-bond acceptors (Lipinski definition) is 3. The maximum absolute atomic E-state index is 10.7. The van der Waals surface area contributed by atoms with Crippen molar-refractivity contribution in [2.75, 3.05) is 6.61 Å². The van der Waals surface area contributed by atoms with Crippen LogP contribution in [0, 0.1) is 22.7 Å². The van der Waals surface area contributed by atoms with Crippen molar-refractivity contribution >= 4 is 0 Å². The van der Waals surface area contributed by atoms with Gasteiger partial charge in [-0.2, -0.15) is 0 Å². The molecule has 2 saturated carbocycles. The molecule has 1 saturated heterocycles. The largest absolute Gasteiger partial charge is 0.393 e. The van der Waals surface area contributed by atoms with E-state index in [9.17, 15) is 10.2 Å². The van der Waals surface area contributed by atoms with Gasteiger partial charge in [0.05, 0.1) is 17.8 Å². The Morgan fingerprint density at radius 1 is 1.05 bits per heavy atom. The topological polar surface area (TPSA) is 49.7 Å². The van der Waals surface area contributed by atoms with E-state index in [-0.39, 0.29) is 34.6 Å². The maximum atomic E-state index is 10.7. The van der Waals surface area contributed by atoms with Crippen molar-refractivity contribution in [3.05, 3.63) is 0 Å². The van der Waals surface area contributed by atoms with Crippen LogP contribution in [0.4, 0.5) is 0 Å². The lowest BCUT2D eigenvalue weighted by molar-refractivity contribution is -0.233. The molecule has 2 aliphatic carbocycles. The lowest BCUT2D eigenvalue weighted by atomic mass is 9.44. The molecule has 6 atom stereocenters. The third-order valence-corrected chi connectivity index (χ3v) is 6.62. The van der Waals surface area contributed by atoms with Gasteiger partial charge >= 0.3 is 0 Å². The van der Waals surface area contributed by atoms with Crippen LogP contribution in [0.1, 0.15) is 53.4 Å². The van der Waals surface area contributed by atoms with E-state index >= 15 is 0 Å². The first-order chi connectivity index (χ1) is 8.72. The highest BCUT2D eigenvalue weighted by molar-refractivity contribution is 5.15. The highest BCUT2D eigenvalue weighted by atomic mass is 16.5. The molecule has 1 aliphatic heterocycles. The van der Waals surface area contributed by atoms with Crippen LogP contribution < -0.4 is 0 Å². The summed E-state index contributed by atoms with van der Waals surface area (Å²) >= 11 is 0. The van der Waals surface area contributed by atoms with Gasteiger partial charge in [-0.1, -0.05) is 20.8 Å². The lowest BCUT2D eigenvalue weighted by Crippen LogP contribution is -2.65. The predicted octanol–water partition coefficient (Wildman–Crippen LogP) is 2.35. The smallest absolute Gasteiger partial charge is 0.0714 e. The molecule has 0 aromatic rings. The minimum Gasteiger partial charge on any atom is -0.393 e. The molecule has 3 rings (SSSR count). The second-order valence-electron chi connectivity index (χ2n) is 8.16. The van der Waals surface area contributed by atoms with Crippen molar-refractivity contribution in [1.29, 1.82) is 0 Å². The highest BCUT2D eigenvalue weighted by Crippen LogP contribution is 2.64. The van der Waals surface area contributed by atoms with Crippen molar-refractivity contribution < 1.29 is 14.9 Å². The Balaban J connectivity index is 2.09. The second kappa shape index (κ2) is 3.96. The van der Waals surface area contributed by atoms with Crippen molar-refractivity contribution in [3.8, 4) is 0 Å². The van der Waals surface area contributed by atoms with E-state index in [0.29, 0.717) is 12.3 Å². The molecule has 19 heavy (non-hydrogen) atoms. The van der Waals surface area contributed by atoms with E-state index in [2.05, 4.69) is 27.7 Å². The molecule has 110 valence electrons. The molecule has 0 radical (unpaired) electrons. The summed E-state index contributed by atoms with van der Waals surface area (Å²) in [5.74, 6) is 0.534. The van der Waals surface area contributed by atoms with Crippen molar-refractivity contribution in [2.24, 2.45) is 22.7 Å². The third kappa shape index (κ3) is 1.68. The first-order valence-electron chi connectivity index (χ1n) is 7.72. The fourth-order valence-electron chi connectivity index (χ4n) is 5.93. The standard InChI is InChI=1S/C16H28O3/c1-14(2)7-5-12(18)16(4)11-6-8-19-15(11,3)9-10(17)13(14)16/h10-13,17-18H,5-9H2,1-4H3/t10-,11-,12-,13-,15+,16-/m0/s1. The van der Waals surface area contributed by atoms with Gasteiger partial charge in [0, 0.05) is 18.4 Å². The van der Waals surface area contributed by atoms with Crippen LogP contribution >= 0.6 is 0 Å². The highest BCUT2D eigenvalue weighted by Gasteiger charge is 2.66. The molecular formula is C16H28O3. The summed E-state index contributed by atoms with van der Waals surface area (Å²) in [4.78, 5) is 0. The maximum Gasteiger partial charge on any atom is 0.0714 e. The number of aliphatic hydroxyl groups is 2. The molecule has 3 heteroatoms. The SMILES string of the molecule is CC1(C)CC[C@H](O)[C@]2(C)[C@H]3CCO[C@]3(C)C[C@H](O)[C@@H]12. The average Bonchev–Trinajstić information content (AvgIpc) is 2.66. The van der Waals surface area contributed by atoms with Gasteiger partial charge in [-0.05, 0) is 43.4 Å². The van der Waals surface area contributed by atoms with Gasteiger partial charge in [0.15, 0.2) is 0 Å². The first kappa shape index (κ1) is 13.8. The second-order valence-corrected chi connectivity index (χ2v) is 8.16. The van der Waals surface area contributed by atoms with Crippen LogP contribution in [-0.2, 0) is 4.74 Å². The van der Waals surface area contributed by atoms with Gasteiger partial charge in [-0.25, -0.2) is 0 Å². The van der Waals surface area contributed by atoms with E-state index in [0.717, 1.165) is 25.9 Å². The van der Waals surface area contributed by atoms with Crippen LogP contribution in [0.15, 0.2) is 0 Å².